The third-order valence-electron chi connectivity index (χ3n) is 5.19. The van der Waals surface area contributed by atoms with E-state index in [4.69, 9.17) is 4.42 Å². The Bertz CT molecular complexity index is 850. The topological polar surface area (TPSA) is 82.8 Å². The molecule has 1 amide bonds. The van der Waals surface area contributed by atoms with Crippen molar-refractivity contribution in [3.05, 3.63) is 42.0 Å². The largest absolute Gasteiger partial charge is 0.444 e. The maximum Gasteiger partial charge on any atom is 0.226 e. The monoisotopic (exact) mass is 429 g/mol. The zero-order chi connectivity index (χ0) is 21.9. The van der Waals surface area contributed by atoms with E-state index in [1.165, 1.54) is 12.1 Å². The van der Waals surface area contributed by atoms with E-state index in [9.17, 15) is 9.18 Å². The number of guanidine groups is 1. The highest BCUT2D eigenvalue weighted by molar-refractivity contribution is 5.79. The third-order valence-corrected chi connectivity index (χ3v) is 5.19. The van der Waals surface area contributed by atoms with Crippen LogP contribution in [0.15, 0.2) is 39.9 Å². The first kappa shape index (κ1) is 22.8. The lowest BCUT2D eigenvalue weighted by Gasteiger charge is -2.20. The summed E-state index contributed by atoms with van der Waals surface area (Å²) in [6.45, 7) is 5.77. The number of aromatic nitrogens is 1. The fourth-order valence-electron chi connectivity index (χ4n) is 3.52. The molecule has 0 spiro atoms. The minimum atomic E-state index is -0.284. The molecular formula is C23H32FN5O2. The summed E-state index contributed by atoms with van der Waals surface area (Å²) in [5.41, 5.74) is 1.57. The van der Waals surface area contributed by atoms with E-state index in [2.05, 4.69) is 20.6 Å². The van der Waals surface area contributed by atoms with Crippen LogP contribution < -0.4 is 10.6 Å². The Kier molecular flexibility index (Phi) is 8.87. The van der Waals surface area contributed by atoms with Gasteiger partial charge in [-0.3, -0.25) is 9.79 Å². The molecule has 0 unspecified atom stereocenters. The molecule has 1 aliphatic rings. The summed E-state index contributed by atoms with van der Waals surface area (Å²) in [6.07, 6.45) is 7.10. The van der Waals surface area contributed by atoms with Gasteiger partial charge in [0.1, 0.15) is 12.1 Å². The highest BCUT2D eigenvalue weighted by Crippen LogP contribution is 2.19. The number of hydrogen-bond acceptors (Lipinski definition) is 4. The van der Waals surface area contributed by atoms with E-state index in [1.54, 1.807) is 18.4 Å². The van der Waals surface area contributed by atoms with E-state index in [0.29, 0.717) is 31.8 Å². The summed E-state index contributed by atoms with van der Waals surface area (Å²) in [7, 11) is 0. The number of carbonyl (C=O) groups excluding carboxylic acids is 1. The molecule has 8 heteroatoms. The second-order valence-corrected chi connectivity index (χ2v) is 7.63. The molecule has 0 atom stereocenters. The van der Waals surface area contributed by atoms with Crippen molar-refractivity contribution < 1.29 is 13.6 Å². The van der Waals surface area contributed by atoms with Gasteiger partial charge in [0.15, 0.2) is 5.96 Å². The quantitative estimate of drug-likeness (QED) is 0.363. The van der Waals surface area contributed by atoms with E-state index in [-0.39, 0.29) is 11.7 Å². The molecule has 1 saturated heterocycles. The molecule has 0 saturated carbocycles. The number of nitrogens with zero attached hydrogens (tertiary/aromatic N) is 3. The van der Waals surface area contributed by atoms with Crippen molar-refractivity contribution in [2.45, 2.75) is 45.4 Å². The van der Waals surface area contributed by atoms with Gasteiger partial charge in [0, 0.05) is 51.1 Å². The van der Waals surface area contributed by atoms with Crippen LogP contribution in [0.1, 0.15) is 44.7 Å². The Morgan fingerprint density at radius 2 is 2.06 bits per heavy atom. The molecule has 1 aromatic carbocycles. The summed E-state index contributed by atoms with van der Waals surface area (Å²) in [4.78, 5) is 23.1. The molecule has 0 radical (unpaired) electrons. The molecule has 3 rings (SSSR count). The molecule has 168 valence electrons. The standard InChI is InChI=1S/C23H32FN5O2/c1-2-25-23(26-13-6-16-29-15-5-3-4-7-21(29)30)27-14-12-20-17-31-22(28-20)18-8-10-19(24)11-9-18/h8-11,17H,2-7,12-16H2,1H3,(H2,25,26,27). The molecule has 1 fully saturated rings. The van der Waals surface area contributed by atoms with Crippen molar-refractivity contribution in [2.24, 2.45) is 4.99 Å². The number of rotatable bonds is 9. The highest BCUT2D eigenvalue weighted by atomic mass is 19.1. The lowest BCUT2D eigenvalue weighted by Crippen LogP contribution is -2.38. The molecular weight excluding hydrogens is 397 g/mol. The number of likely N-dealkylation sites (tertiary alicyclic amines) is 1. The zero-order valence-corrected chi connectivity index (χ0v) is 18.2. The summed E-state index contributed by atoms with van der Waals surface area (Å²) in [6, 6.07) is 6.09. The number of hydrogen-bond donors (Lipinski definition) is 2. The second kappa shape index (κ2) is 12.1. The number of benzene rings is 1. The number of carbonyl (C=O) groups is 1. The number of amides is 1. The van der Waals surface area contributed by atoms with Crippen LogP contribution in [0.3, 0.4) is 0 Å². The van der Waals surface area contributed by atoms with Crippen molar-refractivity contribution in [3.8, 4) is 11.5 Å². The molecule has 31 heavy (non-hydrogen) atoms. The Balaban J connectivity index is 1.42. The summed E-state index contributed by atoms with van der Waals surface area (Å²) >= 11 is 0. The van der Waals surface area contributed by atoms with E-state index in [1.807, 2.05) is 11.8 Å². The molecule has 1 aromatic heterocycles. The maximum absolute atomic E-state index is 13.1. The van der Waals surface area contributed by atoms with Gasteiger partial charge in [0.2, 0.25) is 11.8 Å². The van der Waals surface area contributed by atoms with E-state index in [0.717, 1.165) is 62.5 Å². The number of aliphatic imine (C=N–C) groups is 1. The lowest BCUT2D eigenvalue weighted by molar-refractivity contribution is -0.130. The van der Waals surface area contributed by atoms with Gasteiger partial charge >= 0.3 is 0 Å². The van der Waals surface area contributed by atoms with Gasteiger partial charge in [-0.25, -0.2) is 9.37 Å². The van der Waals surface area contributed by atoms with Crippen molar-refractivity contribution >= 4 is 11.9 Å². The van der Waals surface area contributed by atoms with E-state index < -0.39 is 0 Å². The number of halogens is 1. The van der Waals surface area contributed by atoms with Crippen LogP contribution in [0, 0.1) is 5.82 Å². The molecule has 2 aromatic rings. The first-order chi connectivity index (χ1) is 15.2. The molecule has 2 N–H and O–H groups in total. The van der Waals surface area contributed by atoms with E-state index >= 15 is 0 Å². The zero-order valence-electron chi connectivity index (χ0n) is 18.2. The third kappa shape index (κ3) is 7.38. The van der Waals surface area contributed by atoms with Crippen LogP contribution >= 0.6 is 0 Å². The van der Waals surface area contributed by atoms with Gasteiger partial charge in [-0.05, 0) is 50.5 Å². The molecule has 1 aliphatic heterocycles. The minimum Gasteiger partial charge on any atom is -0.444 e. The number of oxazole rings is 1. The molecule has 2 heterocycles. The SMILES string of the molecule is CCNC(=NCCCN1CCCCCC1=O)NCCc1coc(-c2ccc(F)cc2)n1. The molecule has 0 aliphatic carbocycles. The fourth-order valence-corrected chi connectivity index (χ4v) is 3.52. The van der Waals surface area contributed by atoms with Crippen LogP contribution in [0.5, 0.6) is 0 Å². The van der Waals surface area contributed by atoms with Gasteiger partial charge in [-0.15, -0.1) is 0 Å². The minimum absolute atomic E-state index is 0.277. The Hall–Kier alpha value is -2.90. The lowest BCUT2D eigenvalue weighted by atomic mass is 10.2. The molecule has 0 bridgehead atoms. The summed E-state index contributed by atoms with van der Waals surface area (Å²) in [5, 5.41) is 6.55. The van der Waals surface area contributed by atoms with Crippen molar-refractivity contribution in [2.75, 3.05) is 32.7 Å². The van der Waals surface area contributed by atoms with Gasteiger partial charge in [-0.2, -0.15) is 0 Å². The highest BCUT2D eigenvalue weighted by Gasteiger charge is 2.15. The van der Waals surface area contributed by atoms with Crippen molar-refractivity contribution in [3.63, 3.8) is 0 Å². The van der Waals surface area contributed by atoms with Gasteiger partial charge in [-0.1, -0.05) is 6.42 Å². The molecule has 7 nitrogen and oxygen atoms in total. The predicted molar refractivity (Wildman–Crippen MR) is 119 cm³/mol. The van der Waals surface area contributed by atoms with Crippen LogP contribution in [0.2, 0.25) is 0 Å². The van der Waals surface area contributed by atoms with Crippen LogP contribution in [0.4, 0.5) is 4.39 Å². The normalized spacial score (nSPS) is 15.1. The average molecular weight is 430 g/mol. The smallest absolute Gasteiger partial charge is 0.226 e. The van der Waals surface area contributed by atoms with Crippen LogP contribution in [0.25, 0.3) is 11.5 Å². The first-order valence-electron chi connectivity index (χ1n) is 11.2. The predicted octanol–water partition coefficient (Wildman–Crippen LogP) is 3.37. The van der Waals surface area contributed by atoms with Crippen molar-refractivity contribution in [1.82, 2.24) is 20.5 Å². The first-order valence-corrected chi connectivity index (χ1v) is 11.2. The van der Waals surface area contributed by atoms with Crippen LogP contribution in [-0.4, -0.2) is 54.5 Å². The van der Waals surface area contributed by atoms with Gasteiger partial charge < -0.3 is 20.0 Å². The Labute approximate surface area is 183 Å². The second-order valence-electron chi connectivity index (χ2n) is 7.63. The Morgan fingerprint density at radius 1 is 1.23 bits per heavy atom. The maximum atomic E-state index is 13.1. The van der Waals surface area contributed by atoms with Crippen LogP contribution in [-0.2, 0) is 11.2 Å². The number of nitrogens with one attached hydrogen (secondary N) is 2. The fraction of sp³-hybridized carbons (Fsp3) is 0.522. The average Bonchev–Trinajstić information content (AvgIpc) is 3.14. The summed E-state index contributed by atoms with van der Waals surface area (Å²) in [5.74, 6) is 1.23. The van der Waals surface area contributed by atoms with Gasteiger partial charge in [0.25, 0.3) is 0 Å². The van der Waals surface area contributed by atoms with Gasteiger partial charge in [0.05, 0.1) is 5.69 Å². The van der Waals surface area contributed by atoms with Crippen molar-refractivity contribution in [1.29, 1.82) is 0 Å². The summed E-state index contributed by atoms with van der Waals surface area (Å²) < 4.78 is 18.6. The Morgan fingerprint density at radius 3 is 2.87 bits per heavy atom.